The van der Waals surface area contributed by atoms with Gasteiger partial charge >= 0.3 is 200 Å². The molecule has 0 amide bonds. The van der Waals surface area contributed by atoms with Crippen molar-refractivity contribution in [2.75, 3.05) is 22.1 Å². The molecule has 0 N–H and O–H groups in total. The predicted octanol–water partition coefficient (Wildman–Crippen LogP) is 10.0. The summed E-state index contributed by atoms with van der Waals surface area (Å²) in [6.07, 6.45) is 0. The first kappa shape index (κ1) is 229. The van der Waals surface area contributed by atoms with Gasteiger partial charge in [-0.25, -0.2) is 0 Å². The van der Waals surface area contributed by atoms with Crippen molar-refractivity contribution in [3.63, 3.8) is 0 Å². The molecule has 0 aromatic rings. The number of hydrogen-bond donors (Lipinski definition) is 2. The van der Waals surface area contributed by atoms with Gasteiger partial charge in [0.05, 0.1) is 0 Å². The van der Waals surface area contributed by atoms with Gasteiger partial charge in [0.1, 0.15) is 0 Å². The fraction of sp³-hybridized carbons (Fsp3) is 1.00. The Morgan fingerprint density at radius 1 is 0.375 bits per heavy atom. The van der Waals surface area contributed by atoms with Gasteiger partial charge in [-0.1, -0.05) is 193 Å². The fourth-order valence-electron chi connectivity index (χ4n) is 0.891. The van der Waals surface area contributed by atoms with E-state index in [2.05, 4.69) is 61.1 Å². The Balaban J connectivity index is -0.00000000416. The topological polar surface area (TPSA) is 18.5 Å². The maximum absolute atomic E-state index is 5.55. The van der Waals surface area contributed by atoms with Crippen molar-refractivity contribution in [1.29, 1.82) is 0 Å². The summed E-state index contributed by atoms with van der Waals surface area (Å²) in [6.45, 7) is 15.3. The molecule has 2 atom stereocenters. The monoisotopic (exact) mass is 1450 g/mol. The first-order valence-electron chi connectivity index (χ1n) is 6.90. The van der Waals surface area contributed by atoms with Gasteiger partial charge in [-0.05, 0) is 0 Å². The van der Waals surface area contributed by atoms with Gasteiger partial charge in [0.2, 0.25) is 0 Å². The van der Waals surface area contributed by atoms with E-state index in [1.807, 2.05) is 0 Å². The normalized spacial score (nSPS) is 7.08. The second kappa shape index (κ2) is 186. The van der Waals surface area contributed by atoms with Crippen molar-refractivity contribution in [3.05, 3.63) is 0 Å². The van der Waals surface area contributed by atoms with E-state index in [9.17, 15) is 0 Å². The summed E-state index contributed by atoms with van der Waals surface area (Å²) in [4.78, 5) is 0. The Bertz CT molecular complexity index is 203. The number of halogens is 6. The standard InChI is InChI=1S/2C6H15I3OS.26CH4/c2*1-4-7-6(3)8-9(11)10-5-2;;;;;;;;;;;;;;;;;;;;;;;;;;/h2*6,11H,4-5H2,1-3H3;26*1H4/q2*-2;;;;;;;;;;;;;;;;;;;;;;;;;;. The second-order valence-electron chi connectivity index (χ2n) is 3.22. The van der Waals surface area contributed by atoms with Crippen molar-refractivity contribution >= 4 is 49.3 Å². The van der Waals surface area contributed by atoms with Gasteiger partial charge in [0, 0.05) is 0 Å². The summed E-state index contributed by atoms with van der Waals surface area (Å²) in [5.74, 6) is 0. The molecule has 0 fully saturated rings. The van der Waals surface area contributed by atoms with E-state index in [1.54, 1.807) is 0 Å². The van der Waals surface area contributed by atoms with E-state index in [0.717, 1.165) is 17.1 Å². The van der Waals surface area contributed by atoms with Crippen molar-refractivity contribution in [2.24, 2.45) is 0 Å². The molecule has 0 aliphatic carbocycles. The fourth-order valence-corrected chi connectivity index (χ4v) is 74.4. The van der Waals surface area contributed by atoms with Crippen LogP contribution in [-0.4, -0.2) is 25.9 Å². The third-order valence-corrected chi connectivity index (χ3v) is 55.8. The molecule has 0 saturated heterocycles. The van der Waals surface area contributed by atoms with Crippen molar-refractivity contribution in [2.45, 2.75) is 238 Å². The third-order valence-electron chi connectivity index (χ3n) is 1.50. The molecular weight excluding hydrogens is 1310 g/mol. The van der Waals surface area contributed by atoms with E-state index in [-0.39, 0.29) is 193 Å². The molecule has 48 heavy (non-hydrogen) atoms. The molecule has 0 rings (SSSR count). The van der Waals surface area contributed by atoms with E-state index < -0.39 is 29.7 Å². The van der Waals surface area contributed by atoms with Crippen LogP contribution in [0.4, 0.5) is 0 Å². The molecule has 0 aromatic heterocycles. The molecule has 0 saturated carbocycles. The molecule has 2 unspecified atom stereocenters. The molecule has 0 spiro atoms. The zero-order valence-electron chi connectivity index (χ0n) is 14.0. The molecule has 0 aliphatic rings. The molecule has 0 aromatic carbocycles. The summed E-state index contributed by atoms with van der Waals surface area (Å²) in [5.41, 5.74) is 0. The molecule has 0 heterocycles. The Hall–Kier alpha value is 5.00. The SMILES string of the molecule is C.C.C.C.C.C.C.C.C.C.C.C.C.C.C.C.C.C.C.C.C.C.C.C.C.C.CCOI(S)[I-]C(C)[I-]CC.CCOI(S)[I-]C(C)[I-]CC. The van der Waals surface area contributed by atoms with Crippen molar-refractivity contribution in [3.8, 4) is 0 Å². The number of rotatable bonds is 12. The number of alkyl halides is 6. The van der Waals surface area contributed by atoms with Crippen LogP contribution in [0.3, 0.4) is 0 Å². The first-order valence-corrected chi connectivity index (χ1v) is 35.7. The van der Waals surface area contributed by atoms with E-state index in [1.165, 1.54) is 8.86 Å². The van der Waals surface area contributed by atoms with Crippen molar-refractivity contribution < 1.29 is 83.0 Å². The minimum atomic E-state index is -1.12. The molecule has 356 valence electrons. The minimum absolute atomic E-state index is 0. The van der Waals surface area contributed by atoms with E-state index in [0.29, 0.717) is 76.9 Å². The molecule has 0 aliphatic heterocycles. The van der Waals surface area contributed by atoms with Crippen LogP contribution in [0.1, 0.15) is 235 Å². The van der Waals surface area contributed by atoms with Crippen LogP contribution in [0.5, 0.6) is 0 Å². The predicted molar refractivity (Wildman–Crippen MR) is 284 cm³/mol. The van der Waals surface area contributed by atoms with Crippen molar-refractivity contribution in [1.82, 2.24) is 0 Å². The summed E-state index contributed by atoms with van der Waals surface area (Å²) in [5, 5.41) is 0. The third kappa shape index (κ3) is 204. The van der Waals surface area contributed by atoms with Crippen LogP contribution in [0, 0.1) is 0 Å². The molecule has 2 nitrogen and oxygen atoms in total. The van der Waals surface area contributed by atoms with Gasteiger partial charge in [0.15, 0.2) is 0 Å². The van der Waals surface area contributed by atoms with Crippen LogP contribution >= 0.6 is 49.3 Å². The van der Waals surface area contributed by atoms with Crippen LogP contribution in [-0.2, 0) is 6.13 Å². The Kier molecular flexibility index (Phi) is 886. The Morgan fingerprint density at radius 2 is 0.521 bits per heavy atom. The van der Waals surface area contributed by atoms with Gasteiger partial charge < -0.3 is 0 Å². The maximum atomic E-state index is 5.55. The Morgan fingerprint density at radius 3 is 0.625 bits per heavy atom. The zero-order valence-corrected chi connectivity index (χ0v) is 28.7. The second-order valence-corrected chi connectivity index (χ2v) is 53.7. The van der Waals surface area contributed by atoms with Crippen LogP contribution in [0.2, 0.25) is 0 Å². The van der Waals surface area contributed by atoms with E-state index in [4.69, 9.17) is 6.13 Å². The summed E-state index contributed by atoms with van der Waals surface area (Å²) in [6, 6.07) is 0. The van der Waals surface area contributed by atoms with Gasteiger partial charge in [-0.3, -0.25) is 0 Å². The summed E-state index contributed by atoms with van der Waals surface area (Å²) >= 11 is -0.609. The number of hydrogen-bond acceptors (Lipinski definition) is 4. The average molecular weight is 1450 g/mol. The summed E-state index contributed by atoms with van der Waals surface area (Å²) < 4.78 is 16.0. The zero-order chi connectivity index (χ0) is 17.4. The molecule has 0 radical (unpaired) electrons. The van der Waals surface area contributed by atoms with Crippen LogP contribution in [0.15, 0.2) is 0 Å². The quantitative estimate of drug-likeness (QED) is 0.115. The molecule has 10 heteroatoms. The van der Waals surface area contributed by atoms with Gasteiger partial charge in [-0.2, -0.15) is 0 Å². The van der Waals surface area contributed by atoms with Crippen LogP contribution < -0.4 is 76.9 Å². The average Bonchev–Trinajstić information content (AvgIpc) is 2.40. The number of thiol groups is 2. The summed E-state index contributed by atoms with van der Waals surface area (Å²) in [7, 11) is 9.09. The molecular formula is C38H134I6O2S2-4. The Labute approximate surface area is 387 Å². The van der Waals surface area contributed by atoms with Gasteiger partial charge in [0.25, 0.3) is 0 Å². The molecule has 0 bridgehead atoms. The van der Waals surface area contributed by atoms with Gasteiger partial charge in [-0.15, -0.1) is 0 Å². The van der Waals surface area contributed by atoms with Crippen LogP contribution in [0.25, 0.3) is 0 Å². The van der Waals surface area contributed by atoms with E-state index >= 15 is 0 Å². The first-order chi connectivity index (χ1) is 10.4.